The first-order valence-corrected chi connectivity index (χ1v) is 12.5. The lowest BCUT2D eigenvalue weighted by atomic mass is 10.2. The van der Waals surface area contributed by atoms with E-state index in [4.69, 9.17) is 0 Å². The van der Waals surface area contributed by atoms with E-state index in [1.165, 1.54) is 6.42 Å². The van der Waals surface area contributed by atoms with Gasteiger partial charge in [-0.1, -0.05) is 36.8 Å². The molecule has 1 amide bonds. The van der Waals surface area contributed by atoms with Crippen molar-refractivity contribution in [1.82, 2.24) is 14.8 Å². The summed E-state index contributed by atoms with van der Waals surface area (Å²) in [5.74, 6) is 1.36. The number of para-hydroxylation sites is 1. The molecule has 2 heterocycles. The predicted octanol–water partition coefficient (Wildman–Crippen LogP) is 3.38. The highest BCUT2D eigenvalue weighted by molar-refractivity contribution is 7.92. The Hall–Kier alpha value is -3.20. The van der Waals surface area contributed by atoms with Crippen LogP contribution in [0.4, 0.5) is 11.4 Å². The number of hydrogen-bond donors (Lipinski definition) is 1. The van der Waals surface area contributed by atoms with Crippen molar-refractivity contribution in [3.63, 3.8) is 0 Å². The fourth-order valence-corrected chi connectivity index (χ4v) is 4.90. The van der Waals surface area contributed by atoms with Crippen LogP contribution in [0.3, 0.4) is 0 Å². The van der Waals surface area contributed by atoms with Gasteiger partial charge in [-0.25, -0.2) is 8.42 Å². The SMILES string of the molecule is Cc1ccccc1N(CC(=O)Nc1cccc(-c2nnc3n2CCCCC3)c1)S(C)(=O)=O. The topological polar surface area (TPSA) is 97.2 Å². The van der Waals surface area contributed by atoms with Gasteiger partial charge in [-0.2, -0.15) is 0 Å². The molecule has 2 aromatic carbocycles. The summed E-state index contributed by atoms with van der Waals surface area (Å²) < 4.78 is 28.0. The molecule has 4 rings (SSSR count). The maximum absolute atomic E-state index is 12.8. The van der Waals surface area contributed by atoms with Crippen LogP contribution < -0.4 is 9.62 Å². The van der Waals surface area contributed by atoms with Crippen molar-refractivity contribution in [3.8, 4) is 11.4 Å². The van der Waals surface area contributed by atoms with Crippen LogP contribution in [0, 0.1) is 6.92 Å². The van der Waals surface area contributed by atoms with Crippen LogP contribution in [-0.2, 0) is 27.8 Å². The molecule has 0 saturated heterocycles. The van der Waals surface area contributed by atoms with Gasteiger partial charge in [0.25, 0.3) is 0 Å². The normalized spacial score (nSPS) is 13.8. The van der Waals surface area contributed by atoms with Crippen LogP contribution in [0.25, 0.3) is 11.4 Å². The van der Waals surface area contributed by atoms with Gasteiger partial charge in [-0.05, 0) is 43.5 Å². The molecular formula is C23H27N5O3S. The number of hydrogen-bond acceptors (Lipinski definition) is 5. The number of sulfonamides is 1. The van der Waals surface area contributed by atoms with Crippen molar-refractivity contribution in [2.24, 2.45) is 0 Å². The highest BCUT2D eigenvalue weighted by atomic mass is 32.2. The Morgan fingerprint density at radius 2 is 1.91 bits per heavy atom. The summed E-state index contributed by atoms with van der Waals surface area (Å²) >= 11 is 0. The molecule has 1 aliphatic rings. The average molecular weight is 454 g/mol. The van der Waals surface area contributed by atoms with Gasteiger partial charge in [-0.15, -0.1) is 10.2 Å². The van der Waals surface area contributed by atoms with Crippen molar-refractivity contribution >= 4 is 27.3 Å². The van der Waals surface area contributed by atoms with Gasteiger partial charge >= 0.3 is 0 Å². The van der Waals surface area contributed by atoms with Gasteiger partial charge < -0.3 is 9.88 Å². The fraction of sp³-hybridized carbons (Fsp3) is 0.348. The second kappa shape index (κ2) is 9.12. The predicted molar refractivity (Wildman–Crippen MR) is 125 cm³/mol. The van der Waals surface area contributed by atoms with Gasteiger partial charge in [0.2, 0.25) is 15.9 Å². The summed E-state index contributed by atoms with van der Waals surface area (Å²) in [5.41, 5.74) is 2.71. The third-order valence-electron chi connectivity index (χ3n) is 5.59. The molecule has 32 heavy (non-hydrogen) atoms. The van der Waals surface area contributed by atoms with Crippen LogP contribution in [0.2, 0.25) is 0 Å². The molecule has 0 radical (unpaired) electrons. The number of anilines is 2. The second-order valence-corrected chi connectivity index (χ2v) is 9.99. The molecule has 0 fully saturated rings. The number of aryl methyl sites for hydroxylation is 2. The number of fused-ring (bicyclic) bond motifs is 1. The van der Waals surface area contributed by atoms with Gasteiger partial charge in [0.15, 0.2) is 5.82 Å². The number of nitrogens with zero attached hydrogens (tertiary/aromatic N) is 4. The monoisotopic (exact) mass is 453 g/mol. The van der Waals surface area contributed by atoms with Gasteiger partial charge in [0.05, 0.1) is 11.9 Å². The van der Waals surface area contributed by atoms with E-state index in [0.29, 0.717) is 11.4 Å². The number of benzene rings is 2. The zero-order valence-electron chi connectivity index (χ0n) is 18.3. The highest BCUT2D eigenvalue weighted by Crippen LogP contribution is 2.25. The number of carbonyl (C=O) groups excluding carboxylic acids is 1. The van der Waals surface area contributed by atoms with E-state index in [2.05, 4.69) is 20.1 Å². The lowest BCUT2D eigenvalue weighted by molar-refractivity contribution is -0.114. The van der Waals surface area contributed by atoms with Crippen molar-refractivity contribution in [2.45, 2.75) is 39.2 Å². The number of amides is 1. The minimum atomic E-state index is -3.63. The second-order valence-electron chi connectivity index (χ2n) is 8.09. The summed E-state index contributed by atoms with van der Waals surface area (Å²) in [6.45, 7) is 2.39. The number of rotatable bonds is 6. The number of nitrogens with one attached hydrogen (secondary N) is 1. The van der Waals surface area contributed by atoms with Crippen molar-refractivity contribution < 1.29 is 13.2 Å². The Balaban J connectivity index is 1.54. The van der Waals surface area contributed by atoms with E-state index in [1.54, 1.807) is 18.2 Å². The Kier molecular flexibility index (Phi) is 6.27. The molecule has 0 saturated carbocycles. The third-order valence-corrected chi connectivity index (χ3v) is 6.71. The number of aromatic nitrogens is 3. The van der Waals surface area contributed by atoms with Crippen LogP contribution in [0.5, 0.6) is 0 Å². The maximum atomic E-state index is 12.8. The molecule has 0 unspecified atom stereocenters. The number of carbonyl (C=O) groups is 1. The minimum Gasteiger partial charge on any atom is -0.324 e. The molecule has 3 aromatic rings. The molecule has 0 aliphatic carbocycles. The van der Waals surface area contributed by atoms with Gasteiger partial charge in [0, 0.05) is 24.2 Å². The molecule has 0 atom stereocenters. The Morgan fingerprint density at radius 3 is 2.69 bits per heavy atom. The van der Waals surface area contributed by atoms with E-state index in [1.807, 2.05) is 37.3 Å². The van der Waals surface area contributed by atoms with Crippen molar-refractivity contribution in [1.29, 1.82) is 0 Å². The van der Waals surface area contributed by atoms with Gasteiger partial charge in [0.1, 0.15) is 12.4 Å². The zero-order valence-corrected chi connectivity index (χ0v) is 19.1. The first-order chi connectivity index (χ1) is 15.3. The minimum absolute atomic E-state index is 0.311. The van der Waals surface area contributed by atoms with Crippen LogP contribution in [0.15, 0.2) is 48.5 Å². The third kappa shape index (κ3) is 4.83. The molecule has 9 heteroatoms. The van der Waals surface area contributed by atoms with E-state index >= 15 is 0 Å². The standard InChI is InChI=1S/C23H27N5O3S/c1-17-9-5-6-12-20(17)28(32(2,30)31)16-22(29)24-19-11-8-10-18(15-19)23-26-25-21-13-4-3-7-14-27(21)23/h5-6,8-12,15H,3-4,7,13-14,16H2,1-2H3,(H,24,29). The Labute approximate surface area is 188 Å². The summed E-state index contributed by atoms with van der Waals surface area (Å²) in [5, 5.41) is 11.5. The average Bonchev–Trinajstić information content (AvgIpc) is 3.00. The lowest BCUT2D eigenvalue weighted by Gasteiger charge is -2.23. The molecule has 8 nitrogen and oxygen atoms in total. The Bertz CT molecular complexity index is 1240. The summed E-state index contributed by atoms with van der Waals surface area (Å²) in [4.78, 5) is 12.8. The smallest absolute Gasteiger partial charge is 0.245 e. The van der Waals surface area contributed by atoms with Crippen molar-refractivity contribution in [2.75, 3.05) is 22.4 Å². The summed E-state index contributed by atoms with van der Waals surface area (Å²) in [7, 11) is -3.63. The molecule has 168 valence electrons. The van der Waals surface area contributed by atoms with Crippen molar-refractivity contribution in [3.05, 3.63) is 59.9 Å². The quantitative estimate of drug-likeness (QED) is 0.617. The molecular weight excluding hydrogens is 426 g/mol. The maximum Gasteiger partial charge on any atom is 0.245 e. The Morgan fingerprint density at radius 1 is 1.09 bits per heavy atom. The summed E-state index contributed by atoms with van der Waals surface area (Å²) in [6, 6.07) is 14.5. The lowest BCUT2D eigenvalue weighted by Crippen LogP contribution is -2.37. The van der Waals surface area contributed by atoms with E-state index < -0.39 is 15.9 Å². The molecule has 1 aromatic heterocycles. The molecule has 1 N–H and O–H groups in total. The van der Waals surface area contributed by atoms with Crippen LogP contribution in [-0.4, -0.2) is 41.9 Å². The van der Waals surface area contributed by atoms with Gasteiger partial charge in [-0.3, -0.25) is 9.10 Å². The van der Waals surface area contributed by atoms with E-state index in [-0.39, 0.29) is 6.54 Å². The molecule has 0 bridgehead atoms. The van der Waals surface area contributed by atoms with E-state index in [0.717, 1.165) is 59.1 Å². The van der Waals surface area contributed by atoms with E-state index in [9.17, 15) is 13.2 Å². The largest absolute Gasteiger partial charge is 0.324 e. The summed E-state index contributed by atoms with van der Waals surface area (Å²) in [6.07, 6.45) is 5.41. The van der Waals surface area contributed by atoms with Crippen LogP contribution in [0.1, 0.15) is 30.7 Å². The molecule has 0 spiro atoms. The molecule has 1 aliphatic heterocycles. The fourth-order valence-electron chi connectivity index (χ4n) is 3.99. The highest BCUT2D eigenvalue weighted by Gasteiger charge is 2.22. The van der Waals surface area contributed by atoms with Crippen LogP contribution >= 0.6 is 0 Å². The first kappa shape index (κ1) is 22.0. The first-order valence-electron chi connectivity index (χ1n) is 10.7. The zero-order chi connectivity index (χ0) is 22.7.